The van der Waals surface area contributed by atoms with Crippen LogP contribution in [0.15, 0.2) is 24.3 Å². The number of carbonyl (C=O) groups is 2. The van der Waals surface area contributed by atoms with Gasteiger partial charge in [-0.05, 0) is 50.0 Å². The number of aliphatic hydroxyl groups excluding tert-OH is 1. The molecule has 1 amide bonds. The van der Waals surface area contributed by atoms with E-state index in [2.05, 4.69) is 23.7 Å². The number of aliphatic carboxylic acids is 1. The molecule has 0 saturated carbocycles. The lowest BCUT2D eigenvalue weighted by molar-refractivity contribution is -0.140. The maximum Gasteiger partial charge on any atom is 0.414 e. The van der Waals surface area contributed by atoms with Crippen LogP contribution in [0.5, 0.6) is 0 Å². The maximum atomic E-state index is 12.2. The molecule has 29 heavy (non-hydrogen) atoms. The molecule has 8 nitrogen and oxygen atoms in total. The summed E-state index contributed by atoms with van der Waals surface area (Å²) in [7, 11) is -3.92. The van der Waals surface area contributed by atoms with E-state index < -0.39 is 38.9 Å². The summed E-state index contributed by atoms with van der Waals surface area (Å²) in [6.45, 7) is 2.66. The number of anilines is 1. The Bertz CT molecular complexity index is 1020. The molecule has 1 aliphatic heterocycles. The van der Waals surface area contributed by atoms with Crippen molar-refractivity contribution in [2.24, 2.45) is 0 Å². The van der Waals surface area contributed by atoms with Crippen molar-refractivity contribution >= 4 is 27.6 Å². The number of amides is 1. The van der Waals surface area contributed by atoms with Crippen LogP contribution in [-0.2, 0) is 19.4 Å². The lowest BCUT2D eigenvalue weighted by atomic mass is 10.0. The Morgan fingerprint density at radius 3 is 2.48 bits per heavy atom. The van der Waals surface area contributed by atoms with Crippen LogP contribution in [0.25, 0.3) is 0 Å². The Morgan fingerprint density at radius 1 is 1.34 bits per heavy atom. The topological polar surface area (TPSA) is 121 Å². The van der Waals surface area contributed by atoms with Gasteiger partial charge in [0.05, 0.1) is 6.54 Å². The van der Waals surface area contributed by atoms with E-state index in [-0.39, 0.29) is 13.0 Å². The molecular formula is C20H21NO7S. The smallest absolute Gasteiger partial charge is 0.414 e. The molecule has 0 spiro atoms. The van der Waals surface area contributed by atoms with Crippen LogP contribution in [0.3, 0.4) is 0 Å². The number of carbonyl (C=O) groups excluding carboxylic acids is 1. The molecule has 2 N–H and O–H groups in total. The molecule has 1 aromatic rings. The third-order valence-corrected chi connectivity index (χ3v) is 6.47. The molecule has 9 heteroatoms. The second-order valence-electron chi connectivity index (χ2n) is 6.87. The number of carboxylic acids is 1. The molecular weight excluding hydrogens is 398 g/mol. The maximum absolute atomic E-state index is 12.2. The van der Waals surface area contributed by atoms with Gasteiger partial charge in [0.1, 0.15) is 12.2 Å². The van der Waals surface area contributed by atoms with E-state index in [1.165, 1.54) is 11.8 Å². The summed E-state index contributed by atoms with van der Waals surface area (Å²) in [6, 6.07) is 6.63. The van der Waals surface area contributed by atoms with Crippen LogP contribution in [0.2, 0.25) is 0 Å². The number of nitrogens with zero attached hydrogens (tertiary/aromatic N) is 1. The summed E-state index contributed by atoms with van der Waals surface area (Å²) in [5, 5.41) is 18.4. The van der Waals surface area contributed by atoms with Crippen molar-refractivity contribution in [1.82, 2.24) is 0 Å². The molecule has 0 aliphatic carbocycles. The number of ether oxygens (including phenoxy) is 1. The highest BCUT2D eigenvalue weighted by Crippen LogP contribution is 2.30. The zero-order valence-electron chi connectivity index (χ0n) is 16.2. The average molecular weight is 419 g/mol. The van der Waals surface area contributed by atoms with Gasteiger partial charge in [0.2, 0.25) is 0 Å². The van der Waals surface area contributed by atoms with Crippen molar-refractivity contribution < 1.29 is 33.0 Å². The number of sulfone groups is 1. The molecule has 0 aromatic heterocycles. The van der Waals surface area contributed by atoms with Gasteiger partial charge in [-0.3, -0.25) is 9.69 Å². The highest BCUT2D eigenvalue weighted by Gasteiger charge is 2.48. The van der Waals surface area contributed by atoms with Gasteiger partial charge in [0, 0.05) is 23.9 Å². The molecule has 3 atom stereocenters. The number of hydrogen-bond acceptors (Lipinski definition) is 6. The zero-order valence-corrected chi connectivity index (χ0v) is 17.0. The Labute approximate surface area is 169 Å². The molecule has 1 aromatic carbocycles. The summed E-state index contributed by atoms with van der Waals surface area (Å²) in [4.78, 5) is 25.0. The molecule has 1 aliphatic rings. The molecule has 1 heterocycles. The molecule has 154 valence electrons. The monoisotopic (exact) mass is 419 g/mol. The van der Waals surface area contributed by atoms with E-state index in [1.807, 2.05) is 0 Å². The Hall–Kier alpha value is -3.01. The second kappa shape index (κ2) is 8.56. The average Bonchev–Trinajstić information content (AvgIpc) is 2.98. The van der Waals surface area contributed by atoms with Gasteiger partial charge in [-0.15, -0.1) is 0 Å². The van der Waals surface area contributed by atoms with Crippen molar-refractivity contribution in [2.45, 2.75) is 37.2 Å². The van der Waals surface area contributed by atoms with E-state index in [0.29, 0.717) is 11.3 Å². The van der Waals surface area contributed by atoms with Gasteiger partial charge in [-0.25, -0.2) is 13.2 Å². The van der Waals surface area contributed by atoms with Gasteiger partial charge < -0.3 is 14.9 Å². The quantitative estimate of drug-likeness (QED) is 0.684. The largest absolute Gasteiger partial charge is 0.480 e. The van der Waals surface area contributed by atoms with Crippen molar-refractivity contribution in [2.75, 3.05) is 17.7 Å². The fourth-order valence-electron chi connectivity index (χ4n) is 2.64. The van der Waals surface area contributed by atoms with Crippen LogP contribution in [0.1, 0.15) is 25.8 Å². The van der Waals surface area contributed by atoms with E-state index in [9.17, 15) is 23.1 Å². The zero-order chi connectivity index (χ0) is 21.8. The highest BCUT2D eigenvalue weighted by molar-refractivity contribution is 7.92. The van der Waals surface area contributed by atoms with E-state index in [1.54, 1.807) is 24.3 Å². The van der Waals surface area contributed by atoms with Crippen LogP contribution in [-0.4, -0.2) is 60.4 Å². The molecule has 1 saturated heterocycles. The van der Waals surface area contributed by atoms with E-state index in [4.69, 9.17) is 9.84 Å². The third kappa shape index (κ3) is 5.29. The SMILES string of the molecule is CC(O)C#CC#Cc1ccc(N2C[C@H](C[C@](C)(C(=O)O)S(C)(=O)=O)OC2=O)cc1. The first-order valence-electron chi connectivity index (χ1n) is 8.65. The van der Waals surface area contributed by atoms with Gasteiger partial charge >= 0.3 is 12.1 Å². The Balaban J connectivity index is 2.13. The summed E-state index contributed by atoms with van der Waals surface area (Å²) in [6.07, 6.45) is -1.83. The van der Waals surface area contributed by atoms with Gasteiger partial charge in [0.15, 0.2) is 14.6 Å². The Morgan fingerprint density at radius 2 is 1.97 bits per heavy atom. The lowest BCUT2D eigenvalue weighted by Gasteiger charge is -2.24. The predicted octanol–water partition coefficient (Wildman–Crippen LogP) is 1.03. The normalized spacial score (nSPS) is 19.1. The molecule has 1 fully saturated rings. The minimum Gasteiger partial charge on any atom is -0.480 e. The minimum absolute atomic E-state index is 0.0299. The number of hydrogen-bond donors (Lipinski definition) is 2. The van der Waals surface area contributed by atoms with Crippen LogP contribution in [0.4, 0.5) is 10.5 Å². The fourth-order valence-corrected chi connectivity index (χ4v) is 3.44. The summed E-state index contributed by atoms with van der Waals surface area (Å²) >= 11 is 0. The van der Waals surface area contributed by atoms with Crippen molar-refractivity contribution in [1.29, 1.82) is 0 Å². The number of benzene rings is 1. The fraction of sp³-hybridized carbons (Fsp3) is 0.400. The first-order chi connectivity index (χ1) is 13.4. The summed E-state index contributed by atoms with van der Waals surface area (Å²) in [5.41, 5.74) is 1.16. The van der Waals surface area contributed by atoms with Gasteiger partial charge in [0.25, 0.3) is 0 Å². The van der Waals surface area contributed by atoms with E-state index >= 15 is 0 Å². The Kier molecular flexibility index (Phi) is 6.58. The lowest BCUT2D eigenvalue weighted by Crippen LogP contribution is -2.46. The number of aliphatic hydroxyl groups is 1. The van der Waals surface area contributed by atoms with Crippen LogP contribution >= 0.6 is 0 Å². The number of cyclic esters (lactones) is 1. The van der Waals surface area contributed by atoms with Crippen molar-refractivity contribution in [3.8, 4) is 23.7 Å². The minimum atomic E-state index is -3.92. The first kappa shape index (κ1) is 22.3. The third-order valence-electron chi connectivity index (χ3n) is 4.49. The molecule has 0 radical (unpaired) electrons. The van der Waals surface area contributed by atoms with Crippen LogP contribution < -0.4 is 4.90 Å². The standard InChI is InChI=1S/C20H21NO7S/c1-14(22)6-4-5-7-15-8-10-16(11-9-15)21-13-17(28-19(21)25)12-20(2,18(23)24)29(3,26)27/h8-11,14,17,22H,12-13H2,1-3H3,(H,23,24)/t14?,17-,20+/m0/s1. The van der Waals surface area contributed by atoms with Gasteiger partial charge in [-0.1, -0.05) is 11.8 Å². The summed E-state index contributed by atoms with van der Waals surface area (Å²) < 4.78 is 27.0. The first-order valence-corrected chi connectivity index (χ1v) is 10.5. The van der Waals surface area contributed by atoms with E-state index in [0.717, 1.165) is 13.2 Å². The van der Waals surface area contributed by atoms with Gasteiger partial charge in [-0.2, -0.15) is 0 Å². The number of rotatable bonds is 5. The molecule has 0 bridgehead atoms. The molecule has 2 rings (SSSR count). The van der Waals surface area contributed by atoms with Crippen molar-refractivity contribution in [3.05, 3.63) is 29.8 Å². The molecule has 1 unspecified atom stereocenters. The second-order valence-corrected chi connectivity index (χ2v) is 9.32. The van der Waals surface area contributed by atoms with Crippen molar-refractivity contribution in [3.63, 3.8) is 0 Å². The van der Waals surface area contributed by atoms with Crippen LogP contribution in [0, 0.1) is 23.7 Å². The summed E-state index contributed by atoms with van der Waals surface area (Å²) in [5.74, 6) is 8.92. The number of carboxylic acid groups (broad SMARTS) is 1. The highest BCUT2D eigenvalue weighted by atomic mass is 32.2. The predicted molar refractivity (Wildman–Crippen MR) is 106 cm³/mol.